The first-order chi connectivity index (χ1) is 7.59. The average Bonchev–Trinajstić information content (AvgIpc) is 2.19. The lowest BCUT2D eigenvalue weighted by Crippen LogP contribution is -2.27. The fraction of sp³-hybridized carbons (Fsp3) is 0.583. The van der Waals surface area contributed by atoms with E-state index in [1.165, 1.54) is 0 Å². The lowest BCUT2D eigenvalue weighted by Gasteiger charge is -2.14. The highest BCUT2D eigenvalue weighted by atomic mass is 35.5. The van der Waals surface area contributed by atoms with Crippen LogP contribution in [0.15, 0.2) is 18.3 Å². The summed E-state index contributed by atoms with van der Waals surface area (Å²) in [6.45, 7) is 5.42. The van der Waals surface area contributed by atoms with Gasteiger partial charge in [-0.15, -0.1) is 0 Å². The molecule has 0 saturated carbocycles. The second kappa shape index (κ2) is 6.84. The van der Waals surface area contributed by atoms with Gasteiger partial charge in [-0.3, -0.25) is 0 Å². The number of aromatic nitrogens is 1. The molecule has 16 heavy (non-hydrogen) atoms. The van der Waals surface area contributed by atoms with Gasteiger partial charge >= 0.3 is 0 Å². The molecule has 0 bridgehead atoms. The Morgan fingerprint density at radius 2 is 2.25 bits per heavy atom. The van der Waals surface area contributed by atoms with E-state index in [0.717, 1.165) is 12.0 Å². The van der Waals surface area contributed by atoms with Crippen molar-refractivity contribution in [2.75, 3.05) is 6.54 Å². The zero-order valence-electron chi connectivity index (χ0n) is 9.78. The van der Waals surface area contributed by atoms with Gasteiger partial charge in [0.2, 0.25) is 0 Å². The van der Waals surface area contributed by atoms with Gasteiger partial charge < -0.3 is 10.4 Å². The van der Waals surface area contributed by atoms with Crippen molar-refractivity contribution in [1.82, 2.24) is 10.3 Å². The van der Waals surface area contributed by atoms with Gasteiger partial charge in [0.1, 0.15) is 5.15 Å². The van der Waals surface area contributed by atoms with Gasteiger partial charge in [-0.2, -0.15) is 0 Å². The molecular weight excluding hydrogens is 224 g/mol. The van der Waals surface area contributed by atoms with Gasteiger partial charge in [0, 0.05) is 24.8 Å². The lowest BCUT2D eigenvalue weighted by atomic mass is 10.1. The highest BCUT2D eigenvalue weighted by molar-refractivity contribution is 6.30. The van der Waals surface area contributed by atoms with Crippen LogP contribution in [0, 0.1) is 5.92 Å². The fourth-order valence-corrected chi connectivity index (χ4v) is 1.74. The van der Waals surface area contributed by atoms with E-state index in [-0.39, 0.29) is 6.10 Å². The second-order valence-corrected chi connectivity index (χ2v) is 4.73. The quantitative estimate of drug-likeness (QED) is 0.752. The Bertz CT molecular complexity index is 318. The number of hydrogen-bond acceptors (Lipinski definition) is 3. The molecule has 1 unspecified atom stereocenters. The maximum Gasteiger partial charge on any atom is 0.133 e. The van der Waals surface area contributed by atoms with Gasteiger partial charge in [-0.05, 0) is 18.4 Å². The molecule has 0 fully saturated rings. The van der Waals surface area contributed by atoms with Crippen molar-refractivity contribution in [3.63, 3.8) is 0 Å². The number of nitrogens with one attached hydrogen (secondary N) is 1. The van der Waals surface area contributed by atoms with Crippen LogP contribution in [0.2, 0.25) is 5.15 Å². The Morgan fingerprint density at radius 1 is 1.50 bits per heavy atom. The molecule has 0 radical (unpaired) electrons. The fourth-order valence-electron chi connectivity index (χ4n) is 1.55. The van der Waals surface area contributed by atoms with Gasteiger partial charge in [0.05, 0.1) is 6.10 Å². The van der Waals surface area contributed by atoms with E-state index in [4.69, 9.17) is 11.6 Å². The summed E-state index contributed by atoms with van der Waals surface area (Å²) >= 11 is 5.91. The predicted octanol–water partition coefficient (Wildman–Crippen LogP) is 2.23. The van der Waals surface area contributed by atoms with Crippen LogP contribution in [-0.2, 0) is 6.54 Å². The van der Waals surface area contributed by atoms with Crippen LogP contribution in [0.3, 0.4) is 0 Å². The third kappa shape index (κ3) is 4.92. The van der Waals surface area contributed by atoms with Gasteiger partial charge in [0.15, 0.2) is 0 Å². The molecule has 0 saturated heterocycles. The highest BCUT2D eigenvalue weighted by Crippen LogP contribution is 2.11. The number of nitrogens with zero attached hydrogens (tertiary/aromatic N) is 1. The van der Waals surface area contributed by atoms with E-state index in [2.05, 4.69) is 24.1 Å². The standard InChI is InChI=1S/C12H19ClN2O/c1-9(2)6-11(16)8-14-7-10-4-3-5-15-12(10)13/h3-5,9,11,14,16H,6-8H2,1-2H3. The molecular formula is C12H19ClN2O. The molecule has 1 aromatic rings. The largest absolute Gasteiger partial charge is 0.392 e. The summed E-state index contributed by atoms with van der Waals surface area (Å²) in [7, 11) is 0. The van der Waals surface area contributed by atoms with E-state index >= 15 is 0 Å². The zero-order chi connectivity index (χ0) is 12.0. The molecule has 4 heteroatoms. The molecule has 1 rings (SSSR count). The first kappa shape index (κ1) is 13.4. The van der Waals surface area contributed by atoms with Gasteiger partial charge in [-0.1, -0.05) is 31.5 Å². The molecule has 1 atom stereocenters. The minimum atomic E-state index is -0.296. The molecule has 0 aliphatic heterocycles. The summed E-state index contributed by atoms with van der Waals surface area (Å²) < 4.78 is 0. The first-order valence-electron chi connectivity index (χ1n) is 5.57. The molecule has 3 nitrogen and oxygen atoms in total. The minimum Gasteiger partial charge on any atom is -0.392 e. The molecule has 0 amide bonds. The number of rotatable bonds is 6. The summed E-state index contributed by atoms with van der Waals surface area (Å²) in [6, 6.07) is 3.78. The van der Waals surface area contributed by atoms with Crippen LogP contribution < -0.4 is 5.32 Å². The Hall–Kier alpha value is -0.640. The lowest BCUT2D eigenvalue weighted by molar-refractivity contribution is 0.146. The van der Waals surface area contributed by atoms with Crippen molar-refractivity contribution in [3.8, 4) is 0 Å². The van der Waals surface area contributed by atoms with Gasteiger partial charge in [-0.25, -0.2) is 4.98 Å². The van der Waals surface area contributed by atoms with Crippen LogP contribution in [0.25, 0.3) is 0 Å². The number of aliphatic hydroxyl groups is 1. The number of pyridine rings is 1. The molecule has 1 heterocycles. The maximum absolute atomic E-state index is 9.66. The first-order valence-corrected chi connectivity index (χ1v) is 5.95. The number of halogens is 1. The maximum atomic E-state index is 9.66. The topological polar surface area (TPSA) is 45.1 Å². The molecule has 0 aromatic carbocycles. The Balaban J connectivity index is 2.28. The zero-order valence-corrected chi connectivity index (χ0v) is 10.5. The van der Waals surface area contributed by atoms with Crippen molar-refractivity contribution in [2.24, 2.45) is 5.92 Å². The van der Waals surface area contributed by atoms with E-state index in [1.807, 2.05) is 12.1 Å². The van der Waals surface area contributed by atoms with Gasteiger partial charge in [0.25, 0.3) is 0 Å². The number of aliphatic hydroxyl groups excluding tert-OH is 1. The third-order valence-corrected chi connectivity index (χ3v) is 2.62. The Kier molecular flexibility index (Phi) is 5.74. The van der Waals surface area contributed by atoms with Crippen LogP contribution in [0.5, 0.6) is 0 Å². The summed E-state index contributed by atoms with van der Waals surface area (Å²) in [4.78, 5) is 3.99. The van der Waals surface area contributed by atoms with Crippen LogP contribution >= 0.6 is 11.6 Å². The molecule has 0 aliphatic rings. The van der Waals surface area contributed by atoms with Crippen LogP contribution in [0.1, 0.15) is 25.8 Å². The van der Waals surface area contributed by atoms with Crippen molar-refractivity contribution in [1.29, 1.82) is 0 Å². The van der Waals surface area contributed by atoms with E-state index in [1.54, 1.807) is 6.20 Å². The SMILES string of the molecule is CC(C)CC(O)CNCc1cccnc1Cl. The summed E-state index contributed by atoms with van der Waals surface area (Å²) in [6.07, 6.45) is 2.18. The smallest absolute Gasteiger partial charge is 0.133 e. The van der Waals surface area contributed by atoms with Crippen LogP contribution in [-0.4, -0.2) is 22.7 Å². The van der Waals surface area contributed by atoms with E-state index in [9.17, 15) is 5.11 Å². The van der Waals surface area contributed by atoms with Crippen molar-refractivity contribution in [2.45, 2.75) is 32.9 Å². The van der Waals surface area contributed by atoms with Crippen molar-refractivity contribution >= 4 is 11.6 Å². The monoisotopic (exact) mass is 242 g/mol. The third-order valence-electron chi connectivity index (χ3n) is 2.28. The highest BCUT2D eigenvalue weighted by Gasteiger charge is 2.06. The molecule has 90 valence electrons. The van der Waals surface area contributed by atoms with Crippen molar-refractivity contribution in [3.05, 3.63) is 29.0 Å². The minimum absolute atomic E-state index is 0.296. The Morgan fingerprint density at radius 3 is 2.88 bits per heavy atom. The molecule has 1 aromatic heterocycles. The van der Waals surface area contributed by atoms with E-state index < -0.39 is 0 Å². The molecule has 0 aliphatic carbocycles. The molecule has 0 spiro atoms. The molecule has 2 N–H and O–H groups in total. The average molecular weight is 243 g/mol. The predicted molar refractivity (Wildman–Crippen MR) is 66.4 cm³/mol. The Labute approximate surface area is 102 Å². The summed E-state index contributed by atoms with van der Waals surface area (Å²) in [5.74, 6) is 0.513. The van der Waals surface area contributed by atoms with Crippen LogP contribution in [0.4, 0.5) is 0 Å². The van der Waals surface area contributed by atoms with E-state index in [0.29, 0.717) is 24.2 Å². The second-order valence-electron chi connectivity index (χ2n) is 4.37. The normalized spacial score (nSPS) is 13.1. The summed E-state index contributed by atoms with van der Waals surface area (Å²) in [5.41, 5.74) is 0.959. The number of hydrogen-bond donors (Lipinski definition) is 2. The van der Waals surface area contributed by atoms with Crippen molar-refractivity contribution < 1.29 is 5.11 Å². The summed E-state index contributed by atoms with van der Waals surface area (Å²) in [5, 5.41) is 13.4.